The van der Waals surface area contributed by atoms with Crippen LogP contribution in [0.2, 0.25) is 0 Å². The molecule has 0 aromatic heterocycles. The minimum atomic E-state index is -4.66. The highest BCUT2D eigenvalue weighted by atomic mass is 19.4. The quantitative estimate of drug-likeness (QED) is 0.849. The molecule has 2 rings (SSSR count). The summed E-state index contributed by atoms with van der Waals surface area (Å²) >= 11 is 0. The molecule has 0 unspecified atom stereocenters. The van der Waals surface area contributed by atoms with Crippen LogP contribution in [0.5, 0.6) is 5.75 Å². The number of halogens is 3. The van der Waals surface area contributed by atoms with Gasteiger partial charge < -0.3 is 9.47 Å². The molecule has 1 heterocycles. The van der Waals surface area contributed by atoms with E-state index in [1.54, 1.807) is 25.3 Å². The highest BCUT2D eigenvalue weighted by molar-refractivity contribution is 5.33. The van der Waals surface area contributed by atoms with E-state index in [0.29, 0.717) is 12.1 Å². The van der Waals surface area contributed by atoms with Gasteiger partial charge >= 0.3 is 6.36 Å². The van der Waals surface area contributed by atoms with Crippen molar-refractivity contribution in [2.24, 2.45) is 0 Å². The monoisotopic (exact) mass is 289 g/mol. The molecule has 0 aliphatic carbocycles. The van der Waals surface area contributed by atoms with Crippen molar-refractivity contribution >= 4 is 0 Å². The molecule has 0 bridgehead atoms. The number of methoxy groups -OCH3 is 1. The van der Waals surface area contributed by atoms with Crippen LogP contribution in [-0.2, 0) is 11.3 Å². The molecule has 20 heavy (non-hydrogen) atoms. The normalized spacial score (nSPS) is 20.9. The van der Waals surface area contributed by atoms with Crippen LogP contribution < -0.4 is 4.74 Å². The number of hydrogen-bond acceptors (Lipinski definition) is 3. The van der Waals surface area contributed by atoms with Crippen molar-refractivity contribution in [3.05, 3.63) is 29.8 Å². The predicted molar refractivity (Wildman–Crippen MR) is 68.4 cm³/mol. The minimum absolute atomic E-state index is 0.125. The Bertz CT molecular complexity index is 437. The second-order valence-corrected chi connectivity index (χ2v) is 4.89. The average molecular weight is 289 g/mol. The van der Waals surface area contributed by atoms with Gasteiger partial charge in [0.2, 0.25) is 0 Å². The molecular weight excluding hydrogens is 271 g/mol. The second kappa shape index (κ2) is 6.45. The molecule has 1 saturated heterocycles. The molecule has 112 valence electrons. The van der Waals surface area contributed by atoms with Crippen molar-refractivity contribution in [3.8, 4) is 5.75 Å². The largest absolute Gasteiger partial charge is 0.573 e. The van der Waals surface area contributed by atoms with Gasteiger partial charge in [-0.2, -0.15) is 0 Å². The number of alkyl halides is 3. The van der Waals surface area contributed by atoms with Crippen LogP contribution >= 0.6 is 0 Å². The third kappa shape index (κ3) is 4.38. The summed E-state index contributed by atoms with van der Waals surface area (Å²) in [6, 6.07) is 6.27. The fourth-order valence-corrected chi connectivity index (χ4v) is 2.45. The maximum atomic E-state index is 12.4. The SMILES string of the molecule is CO[C@@H]1CCCN(Cc2ccccc2OC(F)(F)F)C1. The number of para-hydroxylation sites is 1. The summed E-state index contributed by atoms with van der Waals surface area (Å²) in [7, 11) is 1.66. The third-order valence-corrected chi connectivity index (χ3v) is 3.39. The van der Waals surface area contributed by atoms with Crippen LogP contribution in [0.4, 0.5) is 13.2 Å². The topological polar surface area (TPSA) is 21.7 Å². The summed E-state index contributed by atoms with van der Waals surface area (Å²) in [5, 5.41) is 0. The van der Waals surface area contributed by atoms with Gasteiger partial charge in [0.15, 0.2) is 0 Å². The average Bonchev–Trinajstić information content (AvgIpc) is 2.40. The lowest BCUT2D eigenvalue weighted by molar-refractivity contribution is -0.275. The van der Waals surface area contributed by atoms with E-state index in [1.165, 1.54) is 6.07 Å². The fraction of sp³-hybridized carbons (Fsp3) is 0.571. The van der Waals surface area contributed by atoms with E-state index in [4.69, 9.17) is 4.74 Å². The van der Waals surface area contributed by atoms with Gasteiger partial charge in [0.1, 0.15) is 5.75 Å². The lowest BCUT2D eigenvalue weighted by atomic mass is 10.1. The zero-order valence-corrected chi connectivity index (χ0v) is 11.3. The fourth-order valence-electron chi connectivity index (χ4n) is 2.45. The van der Waals surface area contributed by atoms with E-state index in [0.717, 1.165) is 25.9 Å². The first-order valence-electron chi connectivity index (χ1n) is 6.57. The third-order valence-electron chi connectivity index (χ3n) is 3.39. The van der Waals surface area contributed by atoms with E-state index >= 15 is 0 Å². The van der Waals surface area contributed by atoms with Crippen LogP contribution in [0.25, 0.3) is 0 Å². The molecule has 1 aliphatic rings. The van der Waals surface area contributed by atoms with Crippen molar-refractivity contribution in [2.75, 3.05) is 20.2 Å². The maximum Gasteiger partial charge on any atom is 0.573 e. The molecule has 6 heteroatoms. The van der Waals surface area contributed by atoms with Crippen LogP contribution in [0.3, 0.4) is 0 Å². The van der Waals surface area contributed by atoms with Crippen LogP contribution in [-0.4, -0.2) is 37.6 Å². The molecule has 1 atom stereocenters. The zero-order valence-electron chi connectivity index (χ0n) is 11.3. The molecule has 1 aromatic rings. The van der Waals surface area contributed by atoms with Crippen molar-refractivity contribution in [2.45, 2.75) is 31.9 Å². The Balaban J connectivity index is 2.05. The second-order valence-electron chi connectivity index (χ2n) is 4.89. The minimum Gasteiger partial charge on any atom is -0.405 e. The first-order valence-corrected chi connectivity index (χ1v) is 6.57. The van der Waals surface area contributed by atoms with Crippen molar-refractivity contribution in [3.63, 3.8) is 0 Å². The Labute approximate surface area is 116 Å². The summed E-state index contributed by atoms with van der Waals surface area (Å²) in [4.78, 5) is 2.09. The summed E-state index contributed by atoms with van der Waals surface area (Å²) < 4.78 is 46.5. The Morgan fingerprint density at radius 3 is 2.75 bits per heavy atom. The summed E-state index contributed by atoms with van der Waals surface area (Å²) in [5.41, 5.74) is 0.543. The molecule has 0 N–H and O–H groups in total. The number of likely N-dealkylation sites (tertiary alicyclic amines) is 1. The van der Waals surface area contributed by atoms with Gasteiger partial charge in [-0.3, -0.25) is 4.90 Å². The molecule has 0 saturated carbocycles. The van der Waals surface area contributed by atoms with E-state index < -0.39 is 6.36 Å². The Morgan fingerprint density at radius 1 is 1.30 bits per heavy atom. The van der Waals surface area contributed by atoms with Crippen LogP contribution in [0, 0.1) is 0 Å². The summed E-state index contributed by atoms with van der Waals surface area (Å²) in [6.45, 7) is 2.03. The number of piperidine rings is 1. The molecule has 1 aromatic carbocycles. The van der Waals surface area contributed by atoms with Crippen LogP contribution in [0.15, 0.2) is 24.3 Å². The number of benzene rings is 1. The Kier molecular flexibility index (Phi) is 4.88. The highest BCUT2D eigenvalue weighted by Crippen LogP contribution is 2.28. The number of nitrogens with zero attached hydrogens (tertiary/aromatic N) is 1. The molecule has 0 radical (unpaired) electrons. The number of ether oxygens (including phenoxy) is 2. The highest BCUT2D eigenvalue weighted by Gasteiger charge is 2.32. The van der Waals surface area contributed by atoms with E-state index in [9.17, 15) is 13.2 Å². The lowest BCUT2D eigenvalue weighted by Crippen LogP contribution is -2.38. The first-order chi connectivity index (χ1) is 9.48. The van der Waals surface area contributed by atoms with Gasteiger partial charge in [-0.25, -0.2) is 0 Å². The van der Waals surface area contributed by atoms with Crippen molar-refractivity contribution < 1.29 is 22.6 Å². The lowest BCUT2D eigenvalue weighted by Gasteiger charge is -2.32. The van der Waals surface area contributed by atoms with Crippen molar-refractivity contribution in [1.29, 1.82) is 0 Å². The summed E-state index contributed by atoms with van der Waals surface area (Å²) in [6.07, 6.45) is -2.53. The van der Waals surface area contributed by atoms with E-state index in [-0.39, 0.29) is 11.9 Å². The van der Waals surface area contributed by atoms with Gasteiger partial charge in [-0.15, -0.1) is 13.2 Å². The molecule has 3 nitrogen and oxygen atoms in total. The van der Waals surface area contributed by atoms with Gasteiger partial charge in [0.05, 0.1) is 6.10 Å². The van der Waals surface area contributed by atoms with Gasteiger partial charge in [0, 0.05) is 25.8 Å². The van der Waals surface area contributed by atoms with Crippen molar-refractivity contribution in [1.82, 2.24) is 4.90 Å². The Hall–Kier alpha value is -1.27. The Morgan fingerprint density at radius 2 is 2.05 bits per heavy atom. The molecular formula is C14H18F3NO2. The van der Waals surface area contributed by atoms with E-state index in [2.05, 4.69) is 9.64 Å². The van der Waals surface area contributed by atoms with Crippen LogP contribution in [0.1, 0.15) is 18.4 Å². The van der Waals surface area contributed by atoms with Gasteiger partial charge in [0.25, 0.3) is 0 Å². The maximum absolute atomic E-state index is 12.4. The summed E-state index contributed by atoms with van der Waals surface area (Å²) in [5.74, 6) is -0.125. The van der Waals surface area contributed by atoms with Gasteiger partial charge in [-0.05, 0) is 25.5 Å². The molecule has 1 aliphatic heterocycles. The number of hydrogen-bond donors (Lipinski definition) is 0. The predicted octanol–water partition coefficient (Wildman–Crippen LogP) is 3.20. The van der Waals surface area contributed by atoms with Gasteiger partial charge in [-0.1, -0.05) is 18.2 Å². The van der Waals surface area contributed by atoms with E-state index in [1.807, 2.05) is 0 Å². The molecule has 0 amide bonds. The molecule has 0 spiro atoms. The standard InChI is InChI=1S/C14H18F3NO2/c1-19-12-6-4-8-18(10-12)9-11-5-2-3-7-13(11)20-14(15,16)17/h2-3,5,7,12H,4,6,8-10H2,1H3/t12-/m1/s1. The number of rotatable bonds is 4. The zero-order chi connectivity index (χ0) is 14.6. The molecule has 1 fully saturated rings. The smallest absolute Gasteiger partial charge is 0.405 e. The first kappa shape index (κ1) is 15.1.